The maximum absolute atomic E-state index is 11.1. The third kappa shape index (κ3) is 2.37. The van der Waals surface area contributed by atoms with Crippen molar-refractivity contribution in [2.75, 3.05) is 12.4 Å². The molecule has 2 aromatic heterocycles. The zero-order valence-electron chi connectivity index (χ0n) is 8.56. The molecule has 0 bridgehead atoms. The lowest BCUT2D eigenvalue weighted by molar-refractivity contribution is 0.0595. The van der Waals surface area contributed by atoms with Crippen molar-refractivity contribution < 1.29 is 9.53 Å². The molecule has 7 heteroatoms. The molecular weight excluding hydrogens is 228 g/mol. The number of carbonyl (C=O) groups is 1. The third-order valence-corrected chi connectivity index (χ3v) is 2.70. The van der Waals surface area contributed by atoms with E-state index in [9.17, 15) is 4.79 Å². The van der Waals surface area contributed by atoms with Gasteiger partial charge in [0.15, 0.2) is 10.8 Å². The molecule has 0 saturated carbocycles. The number of hydrogen-bond donors (Lipinski definition) is 2. The number of thiazole rings is 1. The molecule has 0 amide bonds. The molecule has 0 aliphatic heterocycles. The van der Waals surface area contributed by atoms with Gasteiger partial charge >= 0.3 is 5.97 Å². The second-order valence-corrected chi connectivity index (χ2v) is 3.85. The van der Waals surface area contributed by atoms with Gasteiger partial charge in [-0.25, -0.2) is 9.78 Å². The molecule has 6 nitrogen and oxygen atoms in total. The maximum atomic E-state index is 11.1. The quantitative estimate of drug-likeness (QED) is 0.784. The molecule has 0 spiro atoms. The van der Waals surface area contributed by atoms with E-state index >= 15 is 0 Å². The molecule has 0 fully saturated rings. The van der Waals surface area contributed by atoms with Crippen molar-refractivity contribution in [3.05, 3.63) is 29.0 Å². The highest BCUT2D eigenvalue weighted by atomic mass is 32.1. The molecule has 2 rings (SSSR count). The van der Waals surface area contributed by atoms with E-state index < -0.39 is 5.97 Å². The Morgan fingerprint density at radius 2 is 2.56 bits per heavy atom. The van der Waals surface area contributed by atoms with Crippen LogP contribution < -0.4 is 5.32 Å². The van der Waals surface area contributed by atoms with Crippen LogP contribution in [0, 0.1) is 0 Å². The third-order valence-electron chi connectivity index (χ3n) is 1.90. The van der Waals surface area contributed by atoms with E-state index in [-0.39, 0.29) is 0 Å². The van der Waals surface area contributed by atoms with Crippen molar-refractivity contribution in [2.45, 2.75) is 6.54 Å². The first-order valence-electron chi connectivity index (χ1n) is 4.55. The summed E-state index contributed by atoms with van der Waals surface area (Å²) in [5.41, 5.74) is 1.34. The number of ether oxygens (including phenoxy) is 1. The first-order valence-corrected chi connectivity index (χ1v) is 5.43. The molecule has 0 unspecified atom stereocenters. The lowest BCUT2D eigenvalue weighted by atomic mass is 10.4. The molecule has 0 aromatic carbocycles. The number of hydrogen-bond acceptors (Lipinski definition) is 6. The summed E-state index contributed by atoms with van der Waals surface area (Å²) in [7, 11) is 1.33. The largest absolute Gasteiger partial charge is 0.464 e. The van der Waals surface area contributed by atoms with Gasteiger partial charge in [0.1, 0.15) is 0 Å². The van der Waals surface area contributed by atoms with Crippen molar-refractivity contribution in [3.63, 3.8) is 0 Å². The number of nitrogens with zero attached hydrogens (tertiary/aromatic N) is 2. The number of anilines is 1. The fourth-order valence-electron chi connectivity index (χ4n) is 1.11. The summed E-state index contributed by atoms with van der Waals surface area (Å²) in [6.07, 6.45) is 3.52. The Hall–Kier alpha value is -1.89. The second kappa shape index (κ2) is 4.75. The van der Waals surface area contributed by atoms with E-state index in [2.05, 4.69) is 25.2 Å². The normalized spacial score (nSPS) is 10.1. The predicted octanol–water partition coefficient (Wildman–Crippen LogP) is 1.26. The Morgan fingerprint density at radius 1 is 1.69 bits per heavy atom. The molecule has 0 saturated heterocycles. The van der Waals surface area contributed by atoms with Crippen LogP contribution in [0.2, 0.25) is 0 Å². The molecule has 2 N–H and O–H groups in total. The van der Waals surface area contributed by atoms with Crippen LogP contribution >= 0.6 is 11.3 Å². The number of rotatable bonds is 4. The Balaban J connectivity index is 1.95. The topological polar surface area (TPSA) is 79.9 Å². The Labute approximate surface area is 95.7 Å². The van der Waals surface area contributed by atoms with Gasteiger partial charge in [-0.15, -0.1) is 11.3 Å². The summed E-state index contributed by atoms with van der Waals surface area (Å²) in [6, 6.07) is 0. The number of carbonyl (C=O) groups excluding carboxylic acids is 1. The fourth-order valence-corrected chi connectivity index (χ4v) is 1.78. The van der Waals surface area contributed by atoms with Gasteiger partial charge < -0.3 is 10.1 Å². The predicted molar refractivity (Wildman–Crippen MR) is 59.4 cm³/mol. The zero-order chi connectivity index (χ0) is 11.4. The van der Waals surface area contributed by atoms with Crippen LogP contribution in [0.1, 0.15) is 16.1 Å². The van der Waals surface area contributed by atoms with Crippen molar-refractivity contribution >= 4 is 22.4 Å². The van der Waals surface area contributed by atoms with Crippen molar-refractivity contribution in [2.24, 2.45) is 0 Å². The molecule has 0 aliphatic carbocycles. The first-order chi connectivity index (χ1) is 7.79. The smallest absolute Gasteiger partial charge is 0.357 e. The molecule has 84 valence electrons. The van der Waals surface area contributed by atoms with Gasteiger partial charge in [-0.2, -0.15) is 5.10 Å². The summed E-state index contributed by atoms with van der Waals surface area (Å²) in [5, 5.41) is 12.0. The van der Waals surface area contributed by atoms with Gasteiger partial charge in [0.25, 0.3) is 0 Å². The Bertz CT molecular complexity index is 466. The van der Waals surface area contributed by atoms with E-state index in [0.717, 1.165) is 5.56 Å². The monoisotopic (exact) mass is 238 g/mol. The SMILES string of the molecule is COC(=O)c1csc(NCc2cn[nH]c2)n1. The van der Waals surface area contributed by atoms with Crippen LogP contribution in [-0.2, 0) is 11.3 Å². The van der Waals surface area contributed by atoms with Crippen LogP contribution in [0.25, 0.3) is 0 Å². The highest BCUT2D eigenvalue weighted by Gasteiger charge is 2.10. The molecule has 0 radical (unpaired) electrons. The lowest BCUT2D eigenvalue weighted by Gasteiger charge is -1.98. The highest BCUT2D eigenvalue weighted by Crippen LogP contribution is 2.16. The van der Waals surface area contributed by atoms with E-state index in [1.807, 2.05) is 0 Å². The first kappa shape index (κ1) is 10.6. The van der Waals surface area contributed by atoms with E-state index in [1.165, 1.54) is 18.4 Å². The number of esters is 1. The molecular formula is C9H10N4O2S. The van der Waals surface area contributed by atoms with E-state index in [4.69, 9.17) is 0 Å². The zero-order valence-corrected chi connectivity index (χ0v) is 9.37. The minimum atomic E-state index is -0.424. The number of methoxy groups -OCH3 is 1. The molecule has 16 heavy (non-hydrogen) atoms. The Kier molecular flexibility index (Phi) is 3.16. The lowest BCUT2D eigenvalue weighted by Crippen LogP contribution is -2.02. The number of aromatic amines is 1. The highest BCUT2D eigenvalue weighted by molar-refractivity contribution is 7.13. The van der Waals surface area contributed by atoms with Crippen LogP contribution in [0.3, 0.4) is 0 Å². The average Bonchev–Trinajstić information content (AvgIpc) is 2.96. The van der Waals surface area contributed by atoms with Crippen LogP contribution in [-0.4, -0.2) is 28.3 Å². The summed E-state index contributed by atoms with van der Waals surface area (Å²) < 4.78 is 4.56. The molecule has 0 atom stereocenters. The molecule has 0 aliphatic rings. The molecule has 2 aromatic rings. The minimum absolute atomic E-state index is 0.321. The maximum Gasteiger partial charge on any atom is 0.357 e. The van der Waals surface area contributed by atoms with E-state index in [0.29, 0.717) is 17.4 Å². The van der Waals surface area contributed by atoms with Gasteiger partial charge in [0.2, 0.25) is 0 Å². The number of aromatic nitrogens is 3. The van der Waals surface area contributed by atoms with Gasteiger partial charge in [-0.1, -0.05) is 0 Å². The number of nitrogens with one attached hydrogen (secondary N) is 2. The Morgan fingerprint density at radius 3 is 3.25 bits per heavy atom. The summed E-state index contributed by atoms with van der Waals surface area (Å²) in [6.45, 7) is 0.616. The van der Waals surface area contributed by atoms with Crippen molar-refractivity contribution in [1.82, 2.24) is 15.2 Å². The van der Waals surface area contributed by atoms with Gasteiger partial charge in [-0.3, -0.25) is 5.10 Å². The minimum Gasteiger partial charge on any atom is -0.464 e. The summed E-state index contributed by atoms with van der Waals surface area (Å²) >= 11 is 1.36. The van der Waals surface area contributed by atoms with Crippen LogP contribution in [0.15, 0.2) is 17.8 Å². The summed E-state index contributed by atoms with van der Waals surface area (Å²) in [5.74, 6) is -0.424. The average molecular weight is 238 g/mol. The van der Waals surface area contributed by atoms with E-state index in [1.54, 1.807) is 17.8 Å². The van der Waals surface area contributed by atoms with Crippen molar-refractivity contribution in [3.8, 4) is 0 Å². The number of H-pyrrole nitrogens is 1. The fraction of sp³-hybridized carbons (Fsp3) is 0.222. The van der Waals surface area contributed by atoms with Gasteiger partial charge in [0, 0.05) is 23.7 Å². The van der Waals surface area contributed by atoms with Gasteiger partial charge in [-0.05, 0) is 0 Å². The summed E-state index contributed by atoms with van der Waals surface area (Å²) in [4.78, 5) is 15.2. The molecule has 2 heterocycles. The van der Waals surface area contributed by atoms with Crippen molar-refractivity contribution in [1.29, 1.82) is 0 Å². The second-order valence-electron chi connectivity index (χ2n) is 2.99. The standard InChI is InChI=1S/C9H10N4O2S/c1-15-8(14)7-5-16-9(13-7)10-2-6-3-11-12-4-6/h3-5H,2H2,1H3,(H,10,13)(H,11,12). The van der Waals surface area contributed by atoms with Crippen LogP contribution in [0.5, 0.6) is 0 Å². The van der Waals surface area contributed by atoms with Gasteiger partial charge in [0.05, 0.1) is 13.3 Å². The van der Waals surface area contributed by atoms with Crippen LogP contribution in [0.4, 0.5) is 5.13 Å².